The van der Waals surface area contributed by atoms with Gasteiger partial charge in [-0.3, -0.25) is 4.99 Å². The summed E-state index contributed by atoms with van der Waals surface area (Å²) >= 11 is 0. The average molecular weight is 407 g/mol. The minimum Gasteiger partial charge on any atom is -0.370 e. The van der Waals surface area contributed by atoms with E-state index in [4.69, 9.17) is 10.3 Å². The first-order chi connectivity index (χ1) is 9.66. The van der Waals surface area contributed by atoms with Crippen LogP contribution >= 0.6 is 24.0 Å². The molecule has 0 bridgehead atoms. The number of aromatic nitrogens is 2. The van der Waals surface area contributed by atoms with Crippen LogP contribution in [0.2, 0.25) is 0 Å². The number of nitrogens with zero attached hydrogens (tertiary/aromatic N) is 4. The molecule has 7 heteroatoms. The van der Waals surface area contributed by atoms with E-state index in [0.717, 1.165) is 31.8 Å². The zero-order valence-electron chi connectivity index (χ0n) is 12.9. The van der Waals surface area contributed by atoms with Gasteiger partial charge in [0.05, 0.1) is 0 Å². The van der Waals surface area contributed by atoms with Crippen molar-refractivity contribution in [1.29, 1.82) is 0 Å². The summed E-state index contributed by atoms with van der Waals surface area (Å²) in [7, 11) is 0. The molecule has 1 aliphatic rings. The summed E-state index contributed by atoms with van der Waals surface area (Å²) in [5, 5.41) is 3.95. The molecule has 1 aromatic heterocycles. The molecule has 0 radical (unpaired) electrons. The molecular weight excluding hydrogens is 381 g/mol. The van der Waals surface area contributed by atoms with Gasteiger partial charge in [0.2, 0.25) is 5.89 Å². The molecule has 21 heavy (non-hydrogen) atoms. The van der Waals surface area contributed by atoms with Gasteiger partial charge in [0.25, 0.3) is 0 Å². The quantitative estimate of drug-likeness (QED) is 0.351. The van der Waals surface area contributed by atoms with Gasteiger partial charge in [-0.2, -0.15) is 4.98 Å². The third kappa shape index (κ3) is 5.80. The van der Waals surface area contributed by atoms with Gasteiger partial charge >= 0.3 is 0 Å². The molecule has 0 aromatic carbocycles. The minimum absolute atomic E-state index is 0. The fourth-order valence-electron chi connectivity index (χ4n) is 2.25. The zero-order valence-corrected chi connectivity index (χ0v) is 15.2. The van der Waals surface area contributed by atoms with E-state index in [9.17, 15) is 0 Å². The van der Waals surface area contributed by atoms with Crippen molar-refractivity contribution in [3.05, 3.63) is 11.7 Å². The largest absolute Gasteiger partial charge is 0.370 e. The Bertz CT molecular complexity index is 440. The Morgan fingerprint density at radius 1 is 1.33 bits per heavy atom. The Morgan fingerprint density at radius 2 is 2.05 bits per heavy atom. The molecule has 0 aliphatic carbocycles. The predicted octanol–water partition coefficient (Wildman–Crippen LogP) is 2.54. The van der Waals surface area contributed by atoms with Gasteiger partial charge in [-0.1, -0.05) is 19.0 Å². The van der Waals surface area contributed by atoms with E-state index in [1.54, 1.807) is 0 Å². The fraction of sp³-hybridized carbons (Fsp3) is 0.786. The van der Waals surface area contributed by atoms with E-state index < -0.39 is 0 Å². The lowest BCUT2D eigenvalue weighted by atomic mass is 10.1. The van der Waals surface area contributed by atoms with Crippen LogP contribution < -0.4 is 5.73 Å². The number of nitrogens with two attached hydrogens (primary N) is 1. The van der Waals surface area contributed by atoms with Gasteiger partial charge in [0.1, 0.15) is 0 Å². The van der Waals surface area contributed by atoms with Crippen LogP contribution in [-0.4, -0.2) is 40.6 Å². The summed E-state index contributed by atoms with van der Waals surface area (Å²) in [6.07, 6.45) is 5.39. The van der Waals surface area contributed by atoms with Crippen LogP contribution in [0.1, 0.15) is 57.2 Å². The van der Waals surface area contributed by atoms with Gasteiger partial charge in [-0.15, -0.1) is 24.0 Å². The summed E-state index contributed by atoms with van der Waals surface area (Å²) in [5.41, 5.74) is 6.00. The van der Waals surface area contributed by atoms with E-state index in [1.807, 2.05) is 0 Å². The number of likely N-dealkylation sites (tertiary alicyclic amines) is 1. The molecule has 2 N–H and O–H groups in total. The summed E-state index contributed by atoms with van der Waals surface area (Å²) in [5.74, 6) is 2.45. The highest BCUT2D eigenvalue weighted by Gasteiger charge is 2.12. The van der Waals surface area contributed by atoms with Crippen LogP contribution in [0.4, 0.5) is 0 Å². The van der Waals surface area contributed by atoms with Crippen molar-refractivity contribution in [2.45, 2.75) is 51.9 Å². The number of rotatable bonds is 5. The van der Waals surface area contributed by atoms with Crippen molar-refractivity contribution in [3.8, 4) is 0 Å². The Balaban J connectivity index is 0.00000220. The van der Waals surface area contributed by atoms with Gasteiger partial charge in [0.15, 0.2) is 11.8 Å². The van der Waals surface area contributed by atoms with E-state index in [-0.39, 0.29) is 24.0 Å². The van der Waals surface area contributed by atoms with Crippen molar-refractivity contribution < 1.29 is 4.52 Å². The molecule has 1 fully saturated rings. The molecular formula is C14H26IN5O. The number of hydrogen-bond acceptors (Lipinski definition) is 4. The smallest absolute Gasteiger partial charge is 0.226 e. The van der Waals surface area contributed by atoms with Crippen LogP contribution in [0, 0.1) is 0 Å². The maximum atomic E-state index is 6.00. The second-order valence-electron chi connectivity index (χ2n) is 5.59. The Morgan fingerprint density at radius 3 is 2.67 bits per heavy atom. The maximum absolute atomic E-state index is 6.00. The number of piperidine rings is 1. The highest BCUT2D eigenvalue weighted by atomic mass is 127. The van der Waals surface area contributed by atoms with Crippen LogP contribution in [-0.2, 0) is 6.42 Å². The second kappa shape index (κ2) is 9.22. The molecule has 6 nitrogen and oxygen atoms in total. The molecule has 2 heterocycles. The first-order valence-electron chi connectivity index (χ1n) is 7.54. The molecule has 120 valence electrons. The lowest BCUT2D eigenvalue weighted by Crippen LogP contribution is -2.40. The first-order valence-corrected chi connectivity index (χ1v) is 7.54. The first kappa shape index (κ1) is 18.2. The van der Waals surface area contributed by atoms with Crippen LogP contribution in [0.15, 0.2) is 9.52 Å². The minimum atomic E-state index is 0. The Kier molecular flexibility index (Phi) is 7.98. The lowest BCUT2D eigenvalue weighted by Gasteiger charge is -2.27. The van der Waals surface area contributed by atoms with E-state index in [2.05, 4.69) is 33.9 Å². The van der Waals surface area contributed by atoms with Gasteiger partial charge in [0, 0.05) is 32.0 Å². The number of aliphatic imine (C=N–C) groups is 1. The SMILES string of the molecule is CC(C)c1noc(CCCN=C(N)N2CCCCC2)n1.I. The monoisotopic (exact) mass is 407 g/mol. The number of guanidine groups is 1. The molecule has 1 aromatic rings. The number of halogens is 1. The molecule has 0 spiro atoms. The van der Waals surface area contributed by atoms with Crippen LogP contribution in [0.25, 0.3) is 0 Å². The molecule has 0 unspecified atom stereocenters. The predicted molar refractivity (Wildman–Crippen MR) is 94.0 cm³/mol. The highest BCUT2D eigenvalue weighted by Crippen LogP contribution is 2.11. The normalized spacial score (nSPS) is 16.1. The zero-order chi connectivity index (χ0) is 14.4. The Hall–Kier alpha value is -0.860. The summed E-state index contributed by atoms with van der Waals surface area (Å²) in [4.78, 5) is 11.0. The molecule has 0 amide bonds. The van der Waals surface area contributed by atoms with Crippen molar-refractivity contribution in [2.24, 2.45) is 10.7 Å². The van der Waals surface area contributed by atoms with Crippen molar-refractivity contribution >= 4 is 29.9 Å². The molecule has 0 saturated carbocycles. The highest BCUT2D eigenvalue weighted by molar-refractivity contribution is 14.0. The summed E-state index contributed by atoms with van der Waals surface area (Å²) in [6.45, 7) is 6.89. The van der Waals surface area contributed by atoms with Crippen molar-refractivity contribution in [2.75, 3.05) is 19.6 Å². The third-order valence-corrected chi connectivity index (χ3v) is 3.50. The Labute approximate surface area is 143 Å². The molecule has 1 aliphatic heterocycles. The van der Waals surface area contributed by atoms with Gasteiger partial charge in [-0.25, -0.2) is 0 Å². The summed E-state index contributed by atoms with van der Waals surface area (Å²) < 4.78 is 5.20. The van der Waals surface area contributed by atoms with Crippen LogP contribution in [0.3, 0.4) is 0 Å². The maximum Gasteiger partial charge on any atom is 0.226 e. The van der Waals surface area contributed by atoms with E-state index >= 15 is 0 Å². The molecule has 0 atom stereocenters. The molecule has 1 saturated heterocycles. The van der Waals surface area contributed by atoms with E-state index in [0.29, 0.717) is 24.3 Å². The second-order valence-corrected chi connectivity index (χ2v) is 5.59. The fourth-order valence-corrected chi connectivity index (χ4v) is 2.25. The lowest BCUT2D eigenvalue weighted by molar-refractivity contribution is 0.337. The van der Waals surface area contributed by atoms with Crippen molar-refractivity contribution in [3.63, 3.8) is 0 Å². The van der Waals surface area contributed by atoms with Crippen LogP contribution in [0.5, 0.6) is 0 Å². The van der Waals surface area contributed by atoms with Crippen molar-refractivity contribution in [1.82, 2.24) is 15.0 Å². The van der Waals surface area contributed by atoms with Gasteiger partial charge < -0.3 is 15.2 Å². The topological polar surface area (TPSA) is 80.5 Å². The molecule has 2 rings (SSSR count). The standard InChI is InChI=1S/C14H25N5O.HI/c1-11(2)13-17-12(20-18-13)7-6-8-16-14(15)19-9-4-3-5-10-19;/h11H,3-10H2,1-2H3,(H2,15,16);1H. The summed E-state index contributed by atoms with van der Waals surface area (Å²) in [6, 6.07) is 0. The van der Waals surface area contributed by atoms with E-state index in [1.165, 1.54) is 19.3 Å². The number of aryl methyl sites for hydroxylation is 1. The third-order valence-electron chi connectivity index (χ3n) is 3.50. The van der Waals surface area contributed by atoms with Gasteiger partial charge in [-0.05, 0) is 25.7 Å². The average Bonchev–Trinajstić information content (AvgIpc) is 2.93. The number of hydrogen-bond donors (Lipinski definition) is 1.